The first-order valence-corrected chi connectivity index (χ1v) is 7.78. The van der Waals surface area contributed by atoms with Crippen molar-refractivity contribution in [2.75, 3.05) is 20.2 Å². The van der Waals surface area contributed by atoms with Crippen molar-refractivity contribution in [2.24, 2.45) is 5.92 Å². The number of carbonyl (C=O) groups is 1. The molecule has 1 aliphatic heterocycles. The zero-order valence-corrected chi connectivity index (χ0v) is 14.3. The first-order valence-electron chi connectivity index (χ1n) is 7.78. The molecule has 3 rings (SSSR count). The van der Waals surface area contributed by atoms with E-state index in [1.54, 1.807) is 7.11 Å². The van der Waals surface area contributed by atoms with Crippen molar-refractivity contribution in [3.8, 4) is 5.75 Å². The molecule has 1 heterocycles. The molecule has 1 saturated heterocycles. The van der Waals surface area contributed by atoms with Gasteiger partial charge in [0, 0.05) is 17.0 Å². The van der Waals surface area contributed by atoms with Gasteiger partial charge < -0.3 is 15.4 Å². The van der Waals surface area contributed by atoms with E-state index in [1.165, 1.54) is 0 Å². The summed E-state index contributed by atoms with van der Waals surface area (Å²) in [6, 6.07) is 11.8. The molecular formula is C18H23ClN2O2. The topological polar surface area (TPSA) is 50.4 Å². The van der Waals surface area contributed by atoms with Crippen molar-refractivity contribution in [3.63, 3.8) is 0 Å². The van der Waals surface area contributed by atoms with E-state index >= 15 is 0 Å². The molecule has 2 N–H and O–H groups in total. The van der Waals surface area contributed by atoms with Crippen LogP contribution in [0.25, 0.3) is 10.8 Å². The summed E-state index contributed by atoms with van der Waals surface area (Å²) in [7, 11) is 1.65. The molecule has 1 fully saturated rings. The molecule has 5 heteroatoms. The van der Waals surface area contributed by atoms with Gasteiger partial charge in [-0.25, -0.2) is 0 Å². The van der Waals surface area contributed by atoms with Crippen molar-refractivity contribution in [1.29, 1.82) is 0 Å². The van der Waals surface area contributed by atoms with E-state index in [4.69, 9.17) is 4.74 Å². The summed E-state index contributed by atoms with van der Waals surface area (Å²) in [5.41, 5.74) is 0.710. The van der Waals surface area contributed by atoms with Gasteiger partial charge in [0.2, 0.25) is 0 Å². The fourth-order valence-electron chi connectivity index (χ4n) is 3.12. The van der Waals surface area contributed by atoms with E-state index in [9.17, 15) is 4.79 Å². The Morgan fingerprint density at radius 2 is 1.96 bits per heavy atom. The van der Waals surface area contributed by atoms with Gasteiger partial charge in [-0.15, -0.1) is 12.4 Å². The van der Waals surface area contributed by atoms with Crippen LogP contribution in [0.3, 0.4) is 0 Å². The number of fused-ring (bicyclic) bond motifs is 1. The predicted molar refractivity (Wildman–Crippen MR) is 95.7 cm³/mol. The van der Waals surface area contributed by atoms with Gasteiger partial charge in [0.1, 0.15) is 5.75 Å². The second-order valence-corrected chi connectivity index (χ2v) is 5.91. The monoisotopic (exact) mass is 334 g/mol. The Labute approximate surface area is 143 Å². The molecule has 2 aromatic rings. The number of carbonyl (C=O) groups excluding carboxylic acids is 1. The molecular weight excluding hydrogens is 312 g/mol. The molecule has 4 nitrogen and oxygen atoms in total. The largest absolute Gasteiger partial charge is 0.496 e. The third-order valence-electron chi connectivity index (χ3n) is 4.45. The van der Waals surface area contributed by atoms with Crippen molar-refractivity contribution in [2.45, 2.75) is 19.4 Å². The zero-order valence-electron chi connectivity index (χ0n) is 13.5. The van der Waals surface area contributed by atoms with Crippen LogP contribution in [0.4, 0.5) is 0 Å². The maximum atomic E-state index is 12.7. The Bertz CT molecular complexity index is 690. The second kappa shape index (κ2) is 7.66. The fraction of sp³-hybridized carbons (Fsp3) is 0.389. The van der Waals surface area contributed by atoms with Gasteiger partial charge in [0.25, 0.3) is 5.91 Å². The van der Waals surface area contributed by atoms with E-state index in [2.05, 4.69) is 17.6 Å². The molecule has 23 heavy (non-hydrogen) atoms. The quantitative estimate of drug-likeness (QED) is 0.907. The molecule has 2 aromatic carbocycles. The van der Waals surface area contributed by atoms with Gasteiger partial charge in [0.05, 0.1) is 7.11 Å². The van der Waals surface area contributed by atoms with E-state index in [-0.39, 0.29) is 24.4 Å². The van der Waals surface area contributed by atoms with Gasteiger partial charge in [-0.2, -0.15) is 0 Å². The smallest absolute Gasteiger partial charge is 0.252 e. The minimum atomic E-state index is -0.00222. The Morgan fingerprint density at radius 1 is 1.22 bits per heavy atom. The molecule has 124 valence electrons. The van der Waals surface area contributed by atoms with Crippen molar-refractivity contribution in [3.05, 3.63) is 42.0 Å². The average molecular weight is 335 g/mol. The summed E-state index contributed by atoms with van der Waals surface area (Å²) in [4.78, 5) is 12.7. The molecule has 0 aliphatic carbocycles. The van der Waals surface area contributed by atoms with Crippen LogP contribution in [0.2, 0.25) is 0 Å². The highest BCUT2D eigenvalue weighted by Gasteiger charge is 2.23. The van der Waals surface area contributed by atoms with Gasteiger partial charge >= 0.3 is 0 Å². The highest BCUT2D eigenvalue weighted by atomic mass is 35.5. The Kier molecular flexibility index (Phi) is 5.85. The number of hydrogen-bond acceptors (Lipinski definition) is 3. The lowest BCUT2D eigenvalue weighted by Gasteiger charge is -2.30. The van der Waals surface area contributed by atoms with Gasteiger partial charge in [-0.1, -0.05) is 31.2 Å². The van der Waals surface area contributed by atoms with Crippen LogP contribution < -0.4 is 15.4 Å². The molecule has 0 saturated carbocycles. The third kappa shape index (κ3) is 3.59. The van der Waals surface area contributed by atoms with Crippen LogP contribution >= 0.6 is 12.4 Å². The highest BCUT2D eigenvalue weighted by molar-refractivity contribution is 6.08. The molecule has 0 spiro atoms. The minimum Gasteiger partial charge on any atom is -0.496 e. The highest BCUT2D eigenvalue weighted by Crippen LogP contribution is 2.28. The Morgan fingerprint density at radius 3 is 2.65 bits per heavy atom. The number of halogens is 1. The number of ether oxygens (including phenoxy) is 1. The summed E-state index contributed by atoms with van der Waals surface area (Å²) in [5, 5.41) is 8.45. The van der Waals surface area contributed by atoms with Crippen molar-refractivity contribution < 1.29 is 9.53 Å². The van der Waals surface area contributed by atoms with Crippen LogP contribution in [-0.4, -0.2) is 32.1 Å². The second-order valence-electron chi connectivity index (χ2n) is 5.91. The molecule has 1 aliphatic rings. The van der Waals surface area contributed by atoms with E-state index in [0.717, 1.165) is 36.0 Å². The molecule has 0 aromatic heterocycles. The first kappa shape index (κ1) is 17.6. The normalized spacial score (nSPS) is 20.6. The van der Waals surface area contributed by atoms with Gasteiger partial charge in [0.15, 0.2) is 0 Å². The number of methoxy groups -OCH3 is 1. The number of piperidine rings is 1. The summed E-state index contributed by atoms with van der Waals surface area (Å²) in [6.07, 6.45) is 0.973. The van der Waals surface area contributed by atoms with E-state index in [1.807, 2.05) is 36.4 Å². The van der Waals surface area contributed by atoms with Crippen LogP contribution in [0.5, 0.6) is 5.75 Å². The Balaban J connectivity index is 0.00000192. The molecule has 2 unspecified atom stereocenters. The summed E-state index contributed by atoms with van der Waals surface area (Å²) in [5.74, 6) is 1.24. The maximum absolute atomic E-state index is 12.7. The standard InChI is InChI=1S/C18H22N2O2.ClH/c1-12-11-19-10-9-16(12)20-18(21)15-7-8-17(22-2)14-6-4-3-5-13(14)15;/h3-8,12,16,19H,9-11H2,1-2H3,(H,20,21);1H. The minimum absolute atomic E-state index is 0. The SMILES string of the molecule is COc1ccc(C(=O)NC2CCNCC2C)c2ccccc12.Cl. The maximum Gasteiger partial charge on any atom is 0.252 e. The van der Waals surface area contributed by atoms with Crippen molar-refractivity contribution >= 4 is 29.1 Å². The molecule has 0 bridgehead atoms. The molecule has 0 radical (unpaired) electrons. The molecule has 1 amide bonds. The summed E-state index contributed by atoms with van der Waals surface area (Å²) < 4.78 is 5.39. The fourth-order valence-corrected chi connectivity index (χ4v) is 3.12. The van der Waals surface area contributed by atoms with E-state index < -0.39 is 0 Å². The first-order chi connectivity index (χ1) is 10.7. The van der Waals surface area contributed by atoms with E-state index in [0.29, 0.717) is 11.5 Å². The lowest BCUT2D eigenvalue weighted by Crippen LogP contribution is -2.48. The predicted octanol–water partition coefficient (Wildman–Crippen LogP) is 3.00. The Hall–Kier alpha value is -1.78. The summed E-state index contributed by atoms with van der Waals surface area (Å²) >= 11 is 0. The zero-order chi connectivity index (χ0) is 15.5. The number of benzene rings is 2. The van der Waals surface area contributed by atoms with Crippen LogP contribution in [0, 0.1) is 5.92 Å². The molecule has 2 atom stereocenters. The van der Waals surface area contributed by atoms with Crippen LogP contribution in [0.1, 0.15) is 23.7 Å². The number of amides is 1. The number of nitrogens with one attached hydrogen (secondary N) is 2. The van der Waals surface area contributed by atoms with Crippen LogP contribution in [-0.2, 0) is 0 Å². The van der Waals surface area contributed by atoms with Gasteiger partial charge in [-0.05, 0) is 42.9 Å². The lowest BCUT2D eigenvalue weighted by atomic mass is 9.94. The van der Waals surface area contributed by atoms with Crippen molar-refractivity contribution in [1.82, 2.24) is 10.6 Å². The summed E-state index contributed by atoms with van der Waals surface area (Å²) in [6.45, 7) is 4.08. The third-order valence-corrected chi connectivity index (χ3v) is 4.45. The average Bonchev–Trinajstić information content (AvgIpc) is 2.56. The van der Waals surface area contributed by atoms with Gasteiger partial charge in [-0.3, -0.25) is 4.79 Å². The number of hydrogen-bond donors (Lipinski definition) is 2. The number of rotatable bonds is 3. The lowest BCUT2D eigenvalue weighted by molar-refractivity contribution is 0.0916. The van der Waals surface area contributed by atoms with Crippen LogP contribution in [0.15, 0.2) is 36.4 Å².